The average Bonchev–Trinajstić information content (AvgIpc) is 2.44. The van der Waals surface area contributed by atoms with E-state index in [1.54, 1.807) is 18.3 Å². The van der Waals surface area contributed by atoms with Gasteiger partial charge < -0.3 is 10.2 Å². The molecule has 1 N–H and O–H groups in total. The molecule has 7 heteroatoms. The van der Waals surface area contributed by atoms with Crippen LogP contribution < -0.4 is 5.32 Å². The molecule has 1 fully saturated rings. The van der Waals surface area contributed by atoms with Crippen molar-refractivity contribution in [3.05, 3.63) is 30.1 Å². The molecule has 0 spiro atoms. The topological polar surface area (TPSA) is 62.3 Å². The Morgan fingerprint density at radius 1 is 1.25 bits per heavy atom. The third-order valence-corrected chi connectivity index (χ3v) is 13.6. The van der Waals surface area contributed by atoms with E-state index in [9.17, 15) is 9.59 Å². The van der Waals surface area contributed by atoms with Crippen molar-refractivity contribution in [2.75, 3.05) is 6.54 Å². The number of β-lactam (4-membered cyclic amide) rings is 1. The molecule has 2 heterocycles. The lowest BCUT2D eigenvalue weighted by Crippen LogP contribution is -2.80. The molecule has 0 aromatic carbocycles. The predicted octanol–water partition coefficient (Wildman–Crippen LogP) is 2.54. The Balaban J connectivity index is 2.14. The van der Waals surface area contributed by atoms with E-state index in [1.807, 2.05) is 11.8 Å². The minimum absolute atomic E-state index is 0.0505. The van der Waals surface area contributed by atoms with Crippen molar-refractivity contribution < 1.29 is 9.59 Å². The van der Waals surface area contributed by atoms with Crippen molar-refractivity contribution >= 4 is 28.0 Å². The molecule has 0 bridgehead atoms. The van der Waals surface area contributed by atoms with Crippen LogP contribution in [0.5, 0.6) is 0 Å². The van der Waals surface area contributed by atoms with Gasteiger partial charge in [0.1, 0.15) is 5.54 Å². The van der Waals surface area contributed by atoms with Crippen LogP contribution in [0.3, 0.4) is 0 Å². The Morgan fingerprint density at radius 2 is 1.83 bits per heavy atom. The summed E-state index contributed by atoms with van der Waals surface area (Å²) in [6, 6.07) is 3.43. The fraction of sp³-hybridized carbons (Fsp3) is 0.588. The molecule has 2 amide bonds. The molecule has 0 saturated carbocycles. The highest BCUT2D eigenvalue weighted by atomic mass is 28.4. The summed E-state index contributed by atoms with van der Waals surface area (Å²) in [7, 11) is -3.04. The van der Waals surface area contributed by atoms with E-state index < -0.39 is 21.7 Å². The number of aromatic nitrogens is 1. The Bertz CT molecular complexity index is 623. The molecule has 0 aliphatic carbocycles. The van der Waals surface area contributed by atoms with Crippen molar-refractivity contribution in [2.45, 2.75) is 57.0 Å². The average molecular weight is 364 g/mol. The smallest absolute Gasteiger partial charge is 0.253 e. The Morgan fingerprint density at radius 3 is 2.25 bits per heavy atom. The Labute approximate surface area is 146 Å². The highest BCUT2D eigenvalue weighted by Crippen LogP contribution is 2.33. The van der Waals surface area contributed by atoms with Crippen LogP contribution in [0.2, 0.25) is 39.3 Å². The first-order valence-electron chi connectivity index (χ1n) is 8.40. The van der Waals surface area contributed by atoms with Gasteiger partial charge in [0, 0.05) is 17.7 Å². The fourth-order valence-corrected chi connectivity index (χ4v) is 16.7. The van der Waals surface area contributed by atoms with E-state index in [1.165, 1.54) is 6.20 Å². The zero-order chi connectivity index (χ0) is 18.3. The summed E-state index contributed by atoms with van der Waals surface area (Å²) in [6.07, 6.45) is 3.15. The largest absolute Gasteiger partial charge is 0.341 e. The second-order valence-corrected chi connectivity index (χ2v) is 20.2. The van der Waals surface area contributed by atoms with E-state index in [-0.39, 0.29) is 11.8 Å². The lowest BCUT2D eigenvalue weighted by Gasteiger charge is -2.56. The minimum Gasteiger partial charge on any atom is -0.341 e. The van der Waals surface area contributed by atoms with Gasteiger partial charge in [0.25, 0.3) is 5.91 Å². The lowest BCUT2D eigenvalue weighted by atomic mass is 9.91. The Kier molecular flexibility index (Phi) is 4.80. The van der Waals surface area contributed by atoms with Gasteiger partial charge in [-0.1, -0.05) is 39.3 Å². The highest BCUT2D eigenvalue weighted by molar-refractivity contribution is 6.96. The van der Waals surface area contributed by atoms with Crippen LogP contribution >= 0.6 is 0 Å². The molecule has 1 aliphatic heterocycles. The van der Waals surface area contributed by atoms with Crippen LogP contribution in [0, 0.1) is 0 Å². The molecule has 5 nitrogen and oxygen atoms in total. The summed E-state index contributed by atoms with van der Waals surface area (Å²) in [5.74, 6) is -0.189. The molecular formula is C17H29N3O2Si2. The number of hydrogen-bond donors (Lipinski definition) is 1. The molecule has 1 aromatic heterocycles. The molecule has 0 unspecified atom stereocenters. The first-order chi connectivity index (χ1) is 10.9. The zero-order valence-corrected chi connectivity index (χ0v) is 17.8. The minimum atomic E-state index is -1.52. The molecule has 1 atom stereocenters. The molecule has 24 heavy (non-hydrogen) atoms. The summed E-state index contributed by atoms with van der Waals surface area (Å²) >= 11 is 0. The molecule has 2 rings (SSSR count). The monoisotopic (exact) mass is 363 g/mol. The van der Waals surface area contributed by atoms with E-state index in [2.05, 4.69) is 49.6 Å². The summed E-state index contributed by atoms with van der Waals surface area (Å²) < 4.78 is 0. The molecule has 1 aliphatic rings. The number of nitrogens with one attached hydrogen (secondary N) is 1. The van der Waals surface area contributed by atoms with Gasteiger partial charge in [-0.15, -0.1) is 0 Å². The van der Waals surface area contributed by atoms with E-state index in [4.69, 9.17) is 0 Å². The van der Waals surface area contributed by atoms with Gasteiger partial charge in [-0.2, -0.15) is 0 Å². The maximum absolute atomic E-state index is 12.9. The van der Waals surface area contributed by atoms with Crippen molar-refractivity contribution in [3.63, 3.8) is 0 Å². The molecule has 1 aromatic rings. The molecule has 0 radical (unpaired) electrons. The lowest BCUT2D eigenvalue weighted by molar-refractivity contribution is -0.151. The number of carbonyl (C=O) groups excluding carboxylic acids is 2. The second-order valence-electron chi connectivity index (χ2n) is 9.10. The van der Waals surface area contributed by atoms with Crippen LogP contribution in [0.15, 0.2) is 24.5 Å². The van der Waals surface area contributed by atoms with Gasteiger partial charge >= 0.3 is 0 Å². The van der Waals surface area contributed by atoms with Crippen molar-refractivity contribution in [2.24, 2.45) is 0 Å². The number of rotatable bonds is 5. The maximum atomic E-state index is 12.9. The van der Waals surface area contributed by atoms with Gasteiger partial charge in [-0.3, -0.25) is 14.6 Å². The quantitative estimate of drug-likeness (QED) is 0.646. The van der Waals surface area contributed by atoms with Crippen LogP contribution in [-0.4, -0.2) is 55.2 Å². The zero-order valence-electron chi connectivity index (χ0n) is 15.8. The number of amides is 2. The van der Waals surface area contributed by atoms with Crippen molar-refractivity contribution in [1.29, 1.82) is 0 Å². The van der Waals surface area contributed by atoms with E-state index >= 15 is 0 Å². The highest BCUT2D eigenvalue weighted by Gasteiger charge is 2.56. The van der Waals surface area contributed by atoms with Gasteiger partial charge in [-0.25, -0.2) is 0 Å². The maximum Gasteiger partial charge on any atom is 0.253 e. The number of likely N-dealkylation sites (tertiary alicyclic amines) is 1. The van der Waals surface area contributed by atoms with Gasteiger partial charge in [-0.05, 0) is 19.1 Å². The summed E-state index contributed by atoms with van der Waals surface area (Å²) in [6.45, 7) is 16.4. The summed E-state index contributed by atoms with van der Waals surface area (Å²) in [5, 5.41) is 3.28. The van der Waals surface area contributed by atoms with Crippen LogP contribution in [0.1, 0.15) is 17.3 Å². The second kappa shape index (κ2) is 6.11. The van der Waals surface area contributed by atoms with Gasteiger partial charge in [0.2, 0.25) is 5.91 Å². The Hall–Kier alpha value is -1.48. The molecular weight excluding hydrogens is 334 g/mol. The van der Waals surface area contributed by atoms with E-state index in [0.717, 1.165) is 0 Å². The predicted molar refractivity (Wildman–Crippen MR) is 102 cm³/mol. The third kappa shape index (κ3) is 3.61. The number of hydrogen-bond acceptors (Lipinski definition) is 3. The number of carbonyl (C=O) groups is 2. The normalized spacial score (nSPS) is 21.7. The fourth-order valence-electron chi connectivity index (χ4n) is 4.06. The third-order valence-electron chi connectivity index (χ3n) is 4.48. The van der Waals surface area contributed by atoms with Gasteiger partial charge in [0.05, 0.1) is 28.3 Å². The number of pyridine rings is 1. The van der Waals surface area contributed by atoms with Crippen LogP contribution in [0.25, 0.3) is 0 Å². The number of nitrogens with zero attached hydrogens (tertiary/aromatic N) is 2. The first kappa shape index (κ1) is 18.9. The SMILES string of the molecule is C[C@@]1(NC(=O)c2cccnc2)CN(C([Si](C)(C)C)[Si](C)(C)C)C1=O. The standard InChI is InChI=1S/C17H29N3O2Si2/c1-17(19-14(21)13-9-8-10-18-11-13)12-20(15(17)22)16(23(2,3)4)24(5,6)7/h8-11,16H,12H2,1-7H3,(H,19,21)/t17-/m1/s1. The van der Waals surface area contributed by atoms with Gasteiger partial charge in [0.15, 0.2) is 0 Å². The molecule has 132 valence electrons. The molecule has 1 saturated heterocycles. The van der Waals surface area contributed by atoms with Crippen molar-refractivity contribution in [3.8, 4) is 0 Å². The van der Waals surface area contributed by atoms with Crippen LogP contribution in [-0.2, 0) is 4.79 Å². The van der Waals surface area contributed by atoms with Crippen molar-refractivity contribution in [1.82, 2.24) is 15.2 Å². The van der Waals surface area contributed by atoms with E-state index in [0.29, 0.717) is 17.4 Å². The summed E-state index contributed by atoms with van der Waals surface area (Å²) in [5.41, 5.74) is -0.318. The first-order valence-corrected chi connectivity index (χ1v) is 15.6. The van der Waals surface area contributed by atoms with Crippen LogP contribution in [0.4, 0.5) is 0 Å². The summed E-state index contributed by atoms with van der Waals surface area (Å²) in [4.78, 5) is 31.3.